The average Bonchev–Trinajstić information content (AvgIpc) is 3.10. The zero-order valence-electron chi connectivity index (χ0n) is 17.3. The second kappa shape index (κ2) is 9.45. The van der Waals surface area contributed by atoms with E-state index in [0.717, 1.165) is 54.4 Å². The Morgan fingerprint density at radius 1 is 1.21 bits per heavy atom. The summed E-state index contributed by atoms with van der Waals surface area (Å²) >= 11 is 0.932. The summed E-state index contributed by atoms with van der Waals surface area (Å²) in [6, 6.07) is 8.48. The lowest BCUT2D eigenvalue weighted by Gasteiger charge is -2.37. The summed E-state index contributed by atoms with van der Waals surface area (Å²) in [5.74, 6) is -0.423. The van der Waals surface area contributed by atoms with Gasteiger partial charge in [0, 0.05) is 58.2 Å². The maximum absolute atomic E-state index is 12.4. The normalized spacial score (nSPS) is 16.2. The number of para-hydroxylation sites is 1. The number of hydrogen-bond acceptors (Lipinski definition) is 5. The highest BCUT2D eigenvalue weighted by Gasteiger charge is 2.23. The van der Waals surface area contributed by atoms with Gasteiger partial charge in [0.2, 0.25) is 0 Å². The Bertz CT molecular complexity index is 895. The van der Waals surface area contributed by atoms with Gasteiger partial charge in [-0.15, -0.1) is 0 Å². The highest BCUT2D eigenvalue weighted by atomic mass is 32.2. The van der Waals surface area contributed by atoms with Crippen LogP contribution in [-0.4, -0.2) is 69.2 Å². The zero-order chi connectivity index (χ0) is 21.0. The third-order valence-corrected chi connectivity index (χ3v) is 6.16. The van der Waals surface area contributed by atoms with Crippen molar-refractivity contribution in [3.05, 3.63) is 36.0 Å². The highest BCUT2D eigenvalue weighted by molar-refractivity contribution is 8.27. The SMILES string of the molecule is CC(Cc1c[nH]c2ccccc12)NC(=O)C(=N)SC(=N)N1CCN(C(C)C)CC1.[HH].[HH]. The number of thioether (sulfide) groups is 1. The first-order valence-electron chi connectivity index (χ1n) is 10.0. The Morgan fingerprint density at radius 2 is 1.90 bits per heavy atom. The Hall–Kier alpha value is -2.32. The van der Waals surface area contributed by atoms with E-state index < -0.39 is 5.91 Å². The number of nitrogens with one attached hydrogen (secondary N) is 4. The van der Waals surface area contributed by atoms with E-state index in [1.807, 2.05) is 36.2 Å². The molecule has 3 rings (SSSR count). The van der Waals surface area contributed by atoms with Gasteiger partial charge in [-0.2, -0.15) is 0 Å². The van der Waals surface area contributed by atoms with Gasteiger partial charge in [-0.1, -0.05) is 18.2 Å². The molecule has 1 saturated heterocycles. The molecule has 29 heavy (non-hydrogen) atoms. The topological polar surface area (TPSA) is 99.1 Å². The zero-order valence-corrected chi connectivity index (χ0v) is 18.1. The standard InChI is InChI=1S/C21H30N6OS.2H2/c1-14(2)26-8-10-27(11-9-26)21(23)29-19(22)20(28)25-15(3)12-16-13-24-18-7-5-4-6-17(16)18;;/h4-7,13-15,22-24H,8-12H2,1-3H3,(H,25,28);2*1H. The summed E-state index contributed by atoms with van der Waals surface area (Å²) < 4.78 is 0. The summed E-state index contributed by atoms with van der Waals surface area (Å²) in [5.41, 5.74) is 2.22. The van der Waals surface area contributed by atoms with Gasteiger partial charge in [0.15, 0.2) is 10.2 Å². The first-order valence-corrected chi connectivity index (χ1v) is 10.9. The fourth-order valence-corrected chi connectivity index (χ4v) is 4.28. The molecule has 1 atom stereocenters. The van der Waals surface area contributed by atoms with E-state index in [1.165, 1.54) is 0 Å². The number of rotatable bonds is 4. The Morgan fingerprint density at radius 3 is 2.59 bits per heavy atom. The molecule has 0 saturated carbocycles. The Balaban J connectivity index is 0.00000240. The molecule has 2 heterocycles. The quantitative estimate of drug-likeness (QED) is 0.452. The third kappa shape index (κ3) is 5.39. The van der Waals surface area contributed by atoms with Crippen molar-refractivity contribution >= 4 is 38.8 Å². The lowest BCUT2D eigenvalue weighted by atomic mass is 10.1. The predicted octanol–water partition coefficient (Wildman–Crippen LogP) is 3.38. The van der Waals surface area contributed by atoms with Crippen LogP contribution in [0.2, 0.25) is 0 Å². The molecule has 160 valence electrons. The Labute approximate surface area is 179 Å². The average molecular weight is 419 g/mol. The number of aromatic amines is 1. The van der Waals surface area contributed by atoms with Crippen molar-refractivity contribution in [3.63, 3.8) is 0 Å². The van der Waals surface area contributed by atoms with Crippen LogP contribution in [0.15, 0.2) is 30.5 Å². The Kier molecular flexibility index (Phi) is 6.97. The number of aromatic nitrogens is 1. The number of carbonyl (C=O) groups excluding carboxylic acids is 1. The van der Waals surface area contributed by atoms with Gasteiger partial charge in [-0.25, -0.2) is 0 Å². The molecule has 0 radical (unpaired) electrons. The predicted molar refractivity (Wildman–Crippen MR) is 125 cm³/mol. The molecule has 1 fully saturated rings. The van der Waals surface area contributed by atoms with Crippen molar-refractivity contribution in [1.29, 1.82) is 10.8 Å². The van der Waals surface area contributed by atoms with E-state index in [2.05, 4.69) is 35.1 Å². The van der Waals surface area contributed by atoms with Crippen LogP contribution in [0.4, 0.5) is 0 Å². The first kappa shape index (κ1) is 21.4. The molecule has 1 amide bonds. The summed E-state index contributed by atoms with van der Waals surface area (Å²) in [5, 5.41) is 20.5. The maximum atomic E-state index is 12.4. The van der Waals surface area contributed by atoms with Crippen molar-refractivity contribution in [3.8, 4) is 0 Å². The molecule has 8 heteroatoms. The fraction of sp³-hybridized carbons (Fsp3) is 0.476. The second-order valence-electron chi connectivity index (χ2n) is 7.79. The van der Waals surface area contributed by atoms with Gasteiger partial charge in [0.05, 0.1) is 0 Å². The van der Waals surface area contributed by atoms with E-state index in [0.29, 0.717) is 12.5 Å². The number of hydrogen-bond donors (Lipinski definition) is 4. The molecule has 0 spiro atoms. The van der Waals surface area contributed by atoms with E-state index in [1.54, 1.807) is 0 Å². The van der Waals surface area contributed by atoms with Crippen molar-refractivity contribution in [2.75, 3.05) is 26.2 Å². The molecule has 7 nitrogen and oxygen atoms in total. The van der Waals surface area contributed by atoms with Crippen molar-refractivity contribution in [2.45, 2.75) is 39.3 Å². The van der Waals surface area contributed by atoms with E-state index in [-0.39, 0.29) is 19.1 Å². The minimum absolute atomic E-state index is 0. The summed E-state index contributed by atoms with van der Waals surface area (Å²) in [7, 11) is 0. The number of amides is 1. The van der Waals surface area contributed by atoms with E-state index >= 15 is 0 Å². The molecule has 0 aliphatic carbocycles. The summed E-state index contributed by atoms with van der Waals surface area (Å²) in [6.07, 6.45) is 2.65. The monoisotopic (exact) mass is 418 g/mol. The van der Waals surface area contributed by atoms with E-state index in [9.17, 15) is 4.79 Å². The molecule has 2 aromatic rings. The molecule has 1 aliphatic rings. The van der Waals surface area contributed by atoms with Crippen LogP contribution in [0.5, 0.6) is 0 Å². The van der Waals surface area contributed by atoms with Crippen LogP contribution in [0, 0.1) is 10.8 Å². The largest absolute Gasteiger partial charge is 0.361 e. The minimum atomic E-state index is -0.423. The number of H-pyrrole nitrogens is 1. The molecule has 1 unspecified atom stereocenters. The van der Waals surface area contributed by atoms with Crippen LogP contribution in [0.3, 0.4) is 0 Å². The van der Waals surface area contributed by atoms with E-state index in [4.69, 9.17) is 10.8 Å². The van der Waals surface area contributed by atoms with Gasteiger partial charge >= 0.3 is 0 Å². The highest BCUT2D eigenvalue weighted by Crippen LogP contribution is 2.19. The van der Waals surface area contributed by atoms with Crippen molar-refractivity contribution < 1.29 is 7.65 Å². The minimum Gasteiger partial charge on any atom is -0.361 e. The number of fused-ring (bicyclic) bond motifs is 1. The van der Waals surface area contributed by atoms with Crippen LogP contribution in [0.1, 0.15) is 29.2 Å². The number of benzene rings is 1. The number of nitrogens with zero attached hydrogens (tertiary/aromatic N) is 2. The van der Waals surface area contributed by atoms with Crippen LogP contribution < -0.4 is 5.32 Å². The lowest BCUT2D eigenvalue weighted by molar-refractivity contribution is -0.115. The summed E-state index contributed by atoms with van der Waals surface area (Å²) in [4.78, 5) is 20.0. The van der Waals surface area contributed by atoms with Crippen LogP contribution in [0.25, 0.3) is 10.9 Å². The second-order valence-corrected chi connectivity index (χ2v) is 8.79. The molecular formula is C21H34N6OS. The van der Waals surface area contributed by atoms with Crippen molar-refractivity contribution in [1.82, 2.24) is 20.1 Å². The van der Waals surface area contributed by atoms with Crippen molar-refractivity contribution in [2.24, 2.45) is 0 Å². The van der Waals surface area contributed by atoms with Gasteiger partial charge in [-0.05, 0) is 50.6 Å². The lowest BCUT2D eigenvalue weighted by Crippen LogP contribution is -2.50. The molecular weight excluding hydrogens is 384 g/mol. The third-order valence-electron chi connectivity index (χ3n) is 5.32. The number of amidine groups is 1. The van der Waals surface area contributed by atoms with Gasteiger partial charge in [-0.3, -0.25) is 20.5 Å². The summed E-state index contributed by atoms with van der Waals surface area (Å²) in [6.45, 7) is 9.61. The fourth-order valence-electron chi connectivity index (χ4n) is 3.62. The number of carbonyl (C=O) groups is 1. The van der Waals surface area contributed by atoms with Crippen LogP contribution in [-0.2, 0) is 11.2 Å². The molecule has 1 aliphatic heterocycles. The molecule has 0 bridgehead atoms. The van der Waals surface area contributed by atoms with Gasteiger partial charge in [0.25, 0.3) is 5.91 Å². The molecule has 1 aromatic heterocycles. The maximum Gasteiger partial charge on any atom is 0.276 e. The van der Waals surface area contributed by atoms with Gasteiger partial charge in [0.1, 0.15) is 0 Å². The first-order chi connectivity index (χ1) is 13.8. The molecule has 1 aromatic carbocycles. The number of piperazine rings is 1. The molecule has 4 N–H and O–H groups in total. The van der Waals surface area contributed by atoms with Crippen LogP contribution >= 0.6 is 11.8 Å². The smallest absolute Gasteiger partial charge is 0.276 e. The van der Waals surface area contributed by atoms with Gasteiger partial charge < -0.3 is 15.2 Å².